The molecule has 0 amide bonds. The Labute approximate surface area is 121 Å². The lowest BCUT2D eigenvalue weighted by atomic mass is 10.2. The zero-order valence-electron chi connectivity index (χ0n) is 11.4. The van der Waals surface area contributed by atoms with Gasteiger partial charge in [0.25, 0.3) is 0 Å². The van der Waals surface area contributed by atoms with Gasteiger partial charge in [-0.3, -0.25) is 0 Å². The molecule has 0 bridgehead atoms. The van der Waals surface area contributed by atoms with Crippen molar-refractivity contribution in [3.63, 3.8) is 0 Å². The Bertz CT molecular complexity index is 688. The van der Waals surface area contributed by atoms with E-state index in [1.54, 1.807) is 29.9 Å². The third kappa shape index (κ3) is 3.51. The van der Waals surface area contributed by atoms with E-state index >= 15 is 0 Å². The van der Waals surface area contributed by atoms with Crippen molar-refractivity contribution in [2.45, 2.75) is 6.54 Å². The number of rotatable bonds is 6. The van der Waals surface area contributed by atoms with Crippen molar-refractivity contribution in [1.82, 2.24) is 9.55 Å². The number of methoxy groups -OCH3 is 1. The first-order valence-electron chi connectivity index (χ1n) is 6.21. The average Bonchev–Trinajstić information content (AvgIpc) is 2.96. The molecule has 7 nitrogen and oxygen atoms in total. The lowest BCUT2D eigenvalue weighted by molar-refractivity contribution is 0.0691. The summed E-state index contributed by atoms with van der Waals surface area (Å²) in [6, 6.07) is 7.25. The largest absolute Gasteiger partial charge is 0.497 e. The molecular weight excluding hydrogens is 272 g/mol. The fraction of sp³-hybridized carbons (Fsp3) is 0.214. The Morgan fingerprint density at radius 1 is 1.57 bits per heavy atom. The molecule has 0 aliphatic heterocycles. The second-order valence-electron chi connectivity index (χ2n) is 4.25. The summed E-state index contributed by atoms with van der Waals surface area (Å²) < 4.78 is 6.79. The SMILES string of the molecule is COc1ccc(C#N)c(NCCn2cnc(C(=O)O)c2)c1. The molecule has 0 atom stereocenters. The zero-order chi connectivity index (χ0) is 15.2. The van der Waals surface area contributed by atoms with E-state index in [1.165, 1.54) is 12.5 Å². The van der Waals surface area contributed by atoms with Crippen molar-refractivity contribution in [3.05, 3.63) is 42.0 Å². The quantitative estimate of drug-likeness (QED) is 0.836. The molecule has 1 aromatic heterocycles. The first kappa shape index (κ1) is 14.4. The van der Waals surface area contributed by atoms with Gasteiger partial charge in [0, 0.05) is 25.4 Å². The van der Waals surface area contributed by atoms with Gasteiger partial charge in [0.1, 0.15) is 11.8 Å². The molecule has 108 valence electrons. The fourth-order valence-electron chi connectivity index (χ4n) is 1.81. The number of hydrogen-bond donors (Lipinski definition) is 2. The number of nitrogens with one attached hydrogen (secondary N) is 1. The number of nitrogens with zero attached hydrogens (tertiary/aromatic N) is 3. The lowest BCUT2D eigenvalue weighted by Gasteiger charge is -2.10. The number of carbonyl (C=O) groups is 1. The number of imidazole rings is 1. The monoisotopic (exact) mass is 286 g/mol. The maximum atomic E-state index is 10.7. The van der Waals surface area contributed by atoms with E-state index in [4.69, 9.17) is 15.1 Å². The number of hydrogen-bond acceptors (Lipinski definition) is 5. The third-order valence-electron chi connectivity index (χ3n) is 2.89. The Balaban J connectivity index is 1.99. The van der Waals surface area contributed by atoms with Gasteiger partial charge in [0.2, 0.25) is 0 Å². The van der Waals surface area contributed by atoms with Crippen LogP contribution in [0.4, 0.5) is 5.69 Å². The van der Waals surface area contributed by atoms with Crippen LogP contribution in [0.1, 0.15) is 16.1 Å². The fourth-order valence-corrected chi connectivity index (χ4v) is 1.81. The molecule has 0 saturated heterocycles. The Morgan fingerprint density at radius 2 is 2.38 bits per heavy atom. The molecule has 7 heteroatoms. The molecule has 1 aromatic carbocycles. The van der Waals surface area contributed by atoms with E-state index in [1.807, 2.05) is 0 Å². The van der Waals surface area contributed by atoms with Crippen molar-refractivity contribution in [2.24, 2.45) is 0 Å². The lowest BCUT2D eigenvalue weighted by Crippen LogP contribution is -2.10. The molecule has 21 heavy (non-hydrogen) atoms. The van der Waals surface area contributed by atoms with Crippen LogP contribution in [0, 0.1) is 11.3 Å². The van der Waals surface area contributed by atoms with E-state index in [0.29, 0.717) is 30.1 Å². The molecule has 2 aromatic rings. The van der Waals surface area contributed by atoms with E-state index in [9.17, 15) is 4.79 Å². The summed E-state index contributed by atoms with van der Waals surface area (Å²) in [7, 11) is 1.56. The molecular formula is C14H14N4O3. The second kappa shape index (κ2) is 6.43. The number of nitriles is 1. The summed E-state index contributed by atoms with van der Waals surface area (Å²) in [6.07, 6.45) is 2.92. The first-order chi connectivity index (χ1) is 10.1. The maximum Gasteiger partial charge on any atom is 0.356 e. The van der Waals surface area contributed by atoms with Crippen LogP contribution in [0.5, 0.6) is 5.75 Å². The molecule has 2 rings (SSSR count). The number of aromatic nitrogens is 2. The molecule has 1 heterocycles. The van der Waals surface area contributed by atoms with Crippen LogP contribution in [0.25, 0.3) is 0 Å². The van der Waals surface area contributed by atoms with Crippen molar-refractivity contribution >= 4 is 11.7 Å². The minimum absolute atomic E-state index is 0.00842. The van der Waals surface area contributed by atoms with Gasteiger partial charge in [-0.05, 0) is 12.1 Å². The van der Waals surface area contributed by atoms with Crippen molar-refractivity contribution < 1.29 is 14.6 Å². The normalized spacial score (nSPS) is 9.90. The Morgan fingerprint density at radius 3 is 3.00 bits per heavy atom. The van der Waals surface area contributed by atoms with Crippen molar-refractivity contribution in [2.75, 3.05) is 19.0 Å². The van der Waals surface area contributed by atoms with Gasteiger partial charge >= 0.3 is 5.97 Å². The zero-order valence-corrected chi connectivity index (χ0v) is 11.4. The highest BCUT2D eigenvalue weighted by Gasteiger charge is 2.07. The summed E-state index contributed by atoms with van der Waals surface area (Å²) in [5, 5.41) is 21.0. The standard InChI is InChI=1S/C14H14N4O3/c1-21-11-3-2-10(7-15)12(6-11)16-4-5-18-8-13(14(19)20)17-9-18/h2-3,6,8-9,16H,4-5H2,1H3,(H,19,20). The van der Waals surface area contributed by atoms with Crippen LogP contribution in [0.2, 0.25) is 0 Å². The number of anilines is 1. The minimum atomic E-state index is -1.05. The Kier molecular flexibility index (Phi) is 4.41. The first-order valence-corrected chi connectivity index (χ1v) is 6.21. The smallest absolute Gasteiger partial charge is 0.356 e. The van der Waals surface area contributed by atoms with Crippen LogP contribution in [0.3, 0.4) is 0 Å². The molecule has 0 aliphatic carbocycles. The van der Waals surface area contributed by atoms with Crippen LogP contribution in [-0.2, 0) is 6.54 Å². The summed E-state index contributed by atoms with van der Waals surface area (Å²) in [5.74, 6) is -0.395. The van der Waals surface area contributed by atoms with Crippen LogP contribution in [0.15, 0.2) is 30.7 Å². The number of benzene rings is 1. The van der Waals surface area contributed by atoms with Crippen LogP contribution >= 0.6 is 0 Å². The van der Waals surface area contributed by atoms with E-state index in [2.05, 4.69) is 16.4 Å². The van der Waals surface area contributed by atoms with E-state index in [0.717, 1.165) is 0 Å². The average molecular weight is 286 g/mol. The summed E-state index contributed by atoms with van der Waals surface area (Å²) in [5.41, 5.74) is 1.21. The highest BCUT2D eigenvalue weighted by atomic mass is 16.5. The second-order valence-corrected chi connectivity index (χ2v) is 4.25. The number of carboxylic acid groups (broad SMARTS) is 1. The third-order valence-corrected chi connectivity index (χ3v) is 2.89. The molecule has 0 radical (unpaired) electrons. The van der Waals surface area contributed by atoms with Crippen molar-refractivity contribution in [1.29, 1.82) is 5.26 Å². The predicted molar refractivity (Wildman–Crippen MR) is 75.4 cm³/mol. The molecule has 0 aliphatic rings. The topological polar surface area (TPSA) is 100 Å². The number of carboxylic acids is 1. The Hall–Kier alpha value is -3.01. The highest BCUT2D eigenvalue weighted by molar-refractivity contribution is 5.84. The van der Waals surface area contributed by atoms with Gasteiger partial charge in [0.05, 0.1) is 24.7 Å². The van der Waals surface area contributed by atoms with Gasteiger partial charge < -0.3 is 19.7 Å². The van der Waals surface area contributed by atoms with Crippen LogP contribution in [-0.4, -0.2) is 34.3 Å². The van der Waals surface area contributed by atoms with Crippen molar-refractivity contribution in [3.8, 4) is 11.8 Å². The van der Waals surface area contributed by atoms with E-state index < -0.39 is 5.97 Å². The minimum Gasteiger partial charge on any atom is -0.497 e. The molecule has 0 spiro atoms. The molecule has 0 saturated carbocycles. The van der Waals surface area contributed by atoms with Gasteiger partial charge in [-0.1, -0.05) is 0 Å². The van der Waals surface area contributed by atoms with E-state index in [-0.39, 0.29) is 5.69 Å². The van der Waals surface area contributed by atoms with Gasteiger partial charge in [-0.25, -0.2) is 9.78 Å². The molecule has 0 fully saturated rings. The van der Waals surface area contributed by atoms with Crippen LogP contribution < -0.4 is 10.1 Å². The van der Waals surface area contributed by atoms with Gasteiger partial charge in [0.15, 0.2) is 5.69 Å². The van der Waals surface area contributed by atoms with Gasteiger partial charge in [-0.15, -0.1) is 0 Å². The summed E-state index contributed by atoms with van der Waals surface area (Å²) in [4.78, 5) is 14.5. The van der Waals surface area contributed by atoms with Gasteiger partial charge in [-0.2, -0.15) is 5.26 Å². The highest BCUT2D eigenvalue weighted by Crippen LogP contribution is 2.21. The summed E-state index contributed by atoms with van der Waals surface area (Å²) >= 11 is 0. The molecule has 0 unspecified atom stereocenters. The number of ether oxygens (including phenoxy) is 1. The predicted octanol–water partition coefficient (Wildman–Crippen LogP) is 1.57. The summed E-state index contributed by atoms with van der Waals surface area (Å²) in [6.45, 7) is 1.06. The maximum absolute atomic E-state index is 10.7. The number of aromatic carboxylic acids is 1. The molecule has 2 N–H and O–H groups in total.